The van der Waals surface area contributed by atoms with E-state index in [2.05, 4.69) is 32.8 Å². The van der Waals surface area contributed by atoms with Gasteiger partial charge in [-0.25, -0.2) is 14.5 Å². The summed E-state index contributed by atoms with van der Waals surface area (Å²) in [5, 5.41) is 6.47. The van der Waals surface area contributed by atoms with Gasteiger partial charge in [-0.15, -0.1) is 0 Å². The van der Waals surface area contributed by atoms with Gasteiger partial charge in [0, 0.05) is 3.57 Å². The molecule has 0 bridgehead atoms. The van der Waals surface area contributed by atoms with Crippen LogP contribution < -0.4 is 5.69 Å². The summed E-state index contributed by atoms with van der Waals surface area (Å²) in [5.41, 5.74) is 0.339. The van der Waals surface area contributed by atoms with E-state index in [1.54, 1.807) is 6.07 Å². The number of hydrogen-bond donors (Lipinski definition) is 1. The predicted molar refractivity (Wildman–Crippen MR) is 61.9 cm³/mol. The van der Waals surface area contributed by atoms with Crippen molar-refractivity contribution in [3.8, 4) is 5.69 Å². The van der Waals surface area contributed by atoms with Crippen LogP contribution in [0.3, 0.4) is 0 Å². The Morgan fingerprint density at radius 3 is 2.93 bits per heavy atom. The summed E-state index contributed by atoms with van der Waals surface area (Å²) in [6.07, 6.45) is 1.40. The largest absolute Gasteiger partial charge is 0.347 e. The Bertz CT molecular complexity index is 519. The van der Waals surface area contributed by atoms with Crippen molar-refractivity contribution in [3.05, 3.63) is 43.6 Å². The van der Waals surface area contributed by atoms with Crippen molar-refractivity contribution in [1.82, 2.24) is 14.8 Å². The molecule has 0 aliphatic heterocycles. The fraction of sp³-hybridized carbons (Fsp3) is 0. The molecule has 0 aliphatic carbocycles. The van der Waals surface area contributed by atoms with E-state index in [4.69, 9.17) is 11.6 Å². The minimum Gasteiger partial charge on any atom is -0.248 e. The van der Waals surface area contributed by atoms with Crippen LogP contribution in [-0.4, -0.2) is 14.8 Å². The van der Waals surface area contributed by atoms with Gasteiger partial charge in [0.2, 0.25) is 0 Å². The molecule has 0 radical (unpaired) electrons. The Morgan fingerprint density at radius 2 is 2.29 bits per heavy atom. The number of H-pyrrole nitrogens is 1. The molecule has 6 heteroatoms. The van der Waals surface area contributed by atoms with Gasteiger partial charge >= 0.3 is 5.69 Å². The van der Waals surface area contributed by atoms with Crippen molar-refractivity contribution in [2.45, 2.75) is 0 Å². The highest BCUT2D eigenvalue weighted by Crippen LogP contribution is 2.20. The zero-order chi connectivity index (χ0) is 10.1. The van der Waals surface area contributed by atoms with Crippen LogP contribution >= 0.6 is 34.2 Å². The van der Waals surface area contributed by atoms with Crippen LogP contribution in [0.1, 0.15) is 0 Å². The third-order valence-corrected chi connectivity index (χ3v) is 2.71. The summed E-state index contributed by atoms with van der Waals surface area (Å²) in [6.45, 7) is 0. The highest BCUT2D eigenvalue weighted by atomic mass is 127. The number of nitrogens with one attached hydrogen (secondary N) is 1. The summed E-state index contributed by atoms with van der Waals surface area (Å²) >= 11 is 8.11. The number of rotatable bonds is 1. The number of aromatic amines is 1. The fourth-order valence-electron chi connectivity index (χ4n) is 1.09. The molecule has 2 aromatic rings. The van der Waals surface area contributed by atoms with Gasteiger partial charge in [-0.2, -0.15) is 5.10 Å². The second-order valence-electron chi connectivity index (χ2n) is 2.63. The molecular weight excluding hydrogens is 316 g/mol. The number of hydrogen-bond acceptors (Lipinski definition) is 2. The first kappa shape index (κ1) is 9.72. The highest BCUT2D eigenvalue weighted by Gasteiger charge is 2.05. The average molecular weight is 322 g/mol. The van der Waals surface area contributed by atoms with E-state index in [1.165, 1.54) is 10.9 Å². The normalized spacial score (nSPS) is 10.4. The molecule has 1 aromatic carbocycles. The summed E-state index contributed by atoms with van der Waals surface area (Å²) in [5.74, 6) is 0. The zero-order valence-corrected chi connectivity index (χ0v) is 9.78. The standard InChI is InChI=1S/C8H5ClIN3O/c9-6-2-1-5(10)3-7(6)13-4-11-12-8(13)14/h1-4H,(H,12,14). The molecule has 0 aliphatic rings. The fourth-order valence-corrected chi connectivity index (χ4v) is 1.77. The second kappa shape index (κ2) is 3.74. The summed E-state index contributed by atoms with van der Waals surface area (Å²) < 4.78 is 2.37. The molecule has 1 aromatic heterocycles. The second-order valence-corrected chi connectivity index (χ2v) is 4.28. The minimum absolute atomic E-state index is 0.297. The molecule has 1 N–H and O–H groups in total. The SMILES string of the molecule is O=c1[nH]ncn1-c1cc(I)ccc1Cl. The van der Waals surface area contributed by atoms with Crippen LogP contribution in [0, 0.1) is 3.57 Å². The molecule has 0 fully saturated rings. The first-order chi connectivity index (χ1) is 6.68. The first-order valence-corrected chi connectivity index (χ1v) is 5.21. The van der Waals surface area contributed by atoms with Crippen molar-refractivity contribution in [2.24, 2.45) is 0 Å². The van der Waals surface area contributed by atoms with Gasteiger partial charge in [-0.3, -0.25) is 0 Å². The van der Waals surface area contributed by atoms with Gasteiger partial charge in [0.05, 0.1) is 10.7 Å². The molecule has 72 valence electrons. The Kier molecular flexibility index (Phi) is 2.60. The smallest absolute Gasteiger partial charge is 0.248 e. The number of aromatic nitrogens is 3. The zero-order valence-electron chi connectivity index (χ0n) is 6.87. The van der Waals surface area contributed by atoms with Gasteiger partial charge in [0.15, 0.2) is 0 Å². The molecule has 2 rings (SSSR count). The molecule has 0 unspecified atom stereocenters. The molecule has 0 atom stereocenters. The number of nitrogens with zero attached hydrogens (tertiary/aromatic N) is 2. The van der Waals surface area contributed by atoms with Gasteiger partial charge in [0.1, 0.15) is 6.33 Å². The molecular formula is C8H5ClIN3O. The van der Waals surface area contributed by atoms with Crippen LogP contribution in [0.15, 0.2) is 29.3 Å². The maximum absolute atomic E-state index is 11.3. The average Bonchev–Trinajstić information content (AvgIpc) is 2.56. The Labute approximate surface area is 98.0 Å². The van der Waals surface area contributed by atoms with Crippen molar-refractivity contribution in [1.29, 1.82) is 0 Å². The summed E-state index contributed by atoms with van der Waals surface area (Å²) in [6, 6.07) is 5.44. The van der Waals surface area contributed by atoms with Crippen LogP contribution in [0.5, 0.6) is 0 Å². The van der Waals surface area contributed by atoms with E-state index >= 15 is 0 Å². The van der Waals surface area contributed by atoms with E-state index in [0.717, 1.165) is 3.57 Å². The van der Waals surface area contributed by atoms with E-state index < -0.39 is 0 Å². The number of benzene rings is 1. The third-order valence-electron chi connectivity index (χ3n) is 1.72. The van der Waals surface area contributed by atoms with Crippen molar-refractivity contribution < 1.29 is 0 Å². The van der Waals surface area contributed by atoms with E-state index in [9.17, 15) is 4.79 Å². The molecule has 1 heterocycles. The van der Waals surface area contributed by atoms with Crippen molar-refractivity contribution in [2.75, 3.05) is 0 Å². The third kappa shape index (κ3) is 1.69. The van der Waals surface area contributed by atoms with E-state index in [-0.39, 0.29) is 5.69 Å². The molecule has 0 saturated heterocycles. The number of halogens is 2. The maximum Gasteiger partial charge on any atom is 0.347 e. The topological polar surface area (TPSA) is 50.7 Å². The molecule has 0 amide bonds. The van der Waals surface area contributed by atoms with Gasteiger partial charge in [-0.1, -0.05) is 11.6 Å². The summed E-state index contributed by atoms with van der Waals surface area (Å²) in [4.78, 5) is 11.3. The van der Waals surface area contributed by atoms with E-state index in [1.807, 2.05) is 12.1 Å². The predicted octanol–water partition coefficient (Wildman–Crippen LogP) is 1.82. The molecule has 4 nitrogen and oxygen atoms in total. The Morgan fingerprint density at radius 1 is 1.50 bits per heavy atom. The van der Waals surface area contributed by atoms with Crippen LogP contribution in [0.4, 0.5) is 0 Å². The van der Waals surface area contributed by atoms with Crippen molar-refractivity contribution >= 4 is 34.2 Å². The maximum atomic E-state index is 11.3. The van der Waals surface area contributed by atoms with Crippen LogP contribution in [0.2, 0.25) is 5.02 Å². The lowest BCUT2D eigenvalue weighted by Crippen LogP contribution is -2.14. The van der Waals surface area contributed by atoms with Gasteiger partial charge in [-0.05, 0) is 40.8 Å². The lowest BCUT2D eigenvalue weighted by molar-refractivity contribution is 0.982. The monoisotopic (exact) mass is 321 g/mol. The highest BCUT2D eigenvalue weighted by molar-refractivity contribution is 14.1. The van der Waals surface area contributed by atoms with Crippen LogP contribution in [0.25, 0.3) is 5.69 Å². The molecule has 0 saturated carbocycles. The lowest BCUT2D eigenvalue weighted by atomic mass is 10.3. The van der Waals surface area contributed by atoms with Gasteiger partial charge < -0.3 is 0 Å². The molecule has 14 heavy (non-hydrogen) atoms. The minimum atomic E-state index is -0.297. The quantitative estimate of drug-likeness (QED) is 0.815. The van der Waals surface area contributed by atoms with E-state index in [0.29, 0.717) is 10.7 Å². The van der Waals surface area contributed by atoms with Crippen LogP contribution in [-0.2, 0) is 0 Å². The first-order valence-electron chi connectivity index (χ1n) is 3.76. The Hall–Kier alpha value is -0.820. The molecule has 0 spiro atoms. The Balaban J connectivity index is 2.68. The lowest BCUT2D eigenvalue weighted by Gasteiger charge is -2.03. The summed E-state index contributed by atoms with van der Waals surface area (Å²) in [7, 11) is 0. The van der Waals surface area contributed by atoms with Gasteiger partial charge in [0.25, 0.3) is 0 Å². The van der Waals surface area contributed by atoms with Crippen molar-refractivity contribution in [3.63, 3.8) is 0 Å².